The summed E-state index contributed by atoms with van der Waals surface area (Å²) < 4.78 is 0. The maximum Gasteiger partial charge on any atom is 0.252 e. The summed E-state index contributed by atoms with van der Waals surface area (Å²) in [6, 6.07) is 8.35. The zero-order valence-corrected chi connectivity index (χ0v) is 19.1. The van der Waals surface area contributed by atoms with E-state index in [0.717, 1.165) is 44.1 Å². The molecule has 0 aliphatic heterocycles. The van der Waals surface area contributed by atoms with E-state index in [-0.39, 0.29) is 5.91 Å². The first-order valence-corrected chi connectivity index (χ1v) is 11.4. The van der Waals surface area contributed by atoms with E-state index >= 15 is 0 Å². The summed E-state index contributed by atoms with van der Waals surface area (Å²) in [5, 5.41) is 8.14. The summed E-state index contributed by atoms with van der Waals surface area (Å²) in [5.74, 6) is -1.32. The van der Waals surface area contributed by atoms with Gasteiger partial charge in [-0.15, -0.1) is 0 Å². The van der Waals surface area contributed by atoms with E-state index in [1.165, 1.54) is 0 Å². The third kappa shape index (κ3) is 10.5. The average molecular weight is 468 g/mol. The van der Waals surface area contributed by atoms with Gasteiger partial charge in [-0.05, 0) is 24.8 Å². The predicted octanol–water partition coefficient (Wildman–Crippen LogP) is 3.09. The zero-order valence-electron chi connectivity index (χ0n) is 17.5. The first kappa shape index (κ1) is 25.1. The SMILES string of the molecule is CCCCCNC(=O)C(NC(=O)C(Br)Cc1ccccc1)C(=O)NCCCCC. The summed E-state index contributed by atoms with van der Waals surface area (Å²) in [6.45, 7) is 5.14. The number of amides is 3. The summed E-state index contributed by atoms with van der Waals surface area (Å²) >= 11 is 3.38. The Balaban J connectivity index is 2.68. The lowest BCUT2D eigenvalue weighted by Gasteiger charge is -2.20. The first-order valence-electron chi connectivity index (χ1n) is 10.5. The van der Waals surface area contributed by atoms with E-state index in [9.17, 15) is 14.4 Å². The Morgan fingerprint density at radius 2 is 1.34 bits per heavy atom. The number of unbranched alkanes of at least 4 members (excludes halogenated alkanes) is 4. The lowest BCUT2D eigenvalue weighted by molar-refractivity contribution is -0.136. The fourth-order valence-electron chi connectivity index (χ4n) is 2.77. The highest BCUT2D eigenvalue weighted by Crippen LogP contribution is 2.10. The van der Waals surface area contributed by atoms with Crippen molar-refractivity contribution >= 4 is 33.7 Å². The van der Waals surface area contributed by atoms with Crippen molar-refractivity contribution in [2.75, 3.05) is 13.1 Å². The molecule has 1 rings (SSSR count). The molecular formula is C22H34BrN3O3. The minimum atomic E-state index is -1.23. The lowest BCUT2D eigenvalue weighted by Crippen LogP contribution is -2.56. The van der Waals surface area contributed by atoms with Crippen LogP contribution in [0.25, 0.3) is 0 Å². The van der Waals surface area contributed by atoms with Gasteiger partial charge in [0.05, 0.1) is 4.83 Å². The van der Waals surface area contributed by atoms with Gasteiger partial charge >= 0.3 is 0 Å². The van der Waals surface area contributed by atoms with Gasteiger partial charge in [0, 0.05) is 13.1 Å². The van der Waals surface area contributed by atoms with Crippen molar-refractivity contribution in [3.8, 4) is 0 Å². The van der Waals surface area contributed by atoms with Gasteiger partial charge in [0.1, 0.15) is 0 Å². The zero-order chi connectivity index (χ0) is 21.5. The molecule has 1 aromatic carbocycles. The molecule has 29 heavy (non-hydrogen) atoms. The third-order valence-corrected chi connectivity index (χ3v) is 5.25. The van der Waals surface area contributed by atoms with E-state index in [2.05, 4.69) is 45.7 Å². The molecule has 1 aromatic rings. The van der Waals surface area contributed by atoms with Crippen LogP contribution in [0.5, 0.6) is 0 Å². The molecule has 0 heterocycles. The number of hydrogen-bond donors (Lipinski definition) is 3. The molecule has 0 aliphatic carbocycles. The maximum absolute atomic E-state index is 12.6. The highest BCUT2D eigenvalue weighted by atomic mass is 79.9. The molecule has 0 saturated heterocycles. The Morgan fingerprint density at radius 1 is 0.828 bits per heavy atom. The number of carbonyl (C=O) groups is 3. The van der Waals surface area contributed by atoms with Gasteiger partial charge in [0.2, 0.25) is 5.91 Å². The van der Waals surface area contributed by atoms with E-state index in [1.54, 1.807) is 0 Å². The van der Waals surface area contributed by atoms with Crippen LogP contribution in [0.15, 0.2) is 30.3 Å². The molecule has 7 heteroatoms. The molecular weight excluding hydrogens is 434 g/mol. The normalized spacial score (nSPS) is 11.7. The van der Waals surface area contributed by atoms with Gasteiger partial charge in [-0.1, -0.05) is 85.8 Å². The molecule has 1 atom stereocenters. The number of alkyl halides is 1. The van der Waals surface area contributed by atoms with Gasteiger partial charge < -0.3 is 16.0 Å². The smallest absolute Gasteiger partial charge is 0.252 e. The van der Waals surface area contributed by atoms with Crippen molar-refractivity contribution in [1.82, 2.24) is 16.0 Å². The standard InChI is InChI=1S/C22H34BrN3O3/c1-3-5-10-14-24-21(28)19(22(29)25-15-11-6-4-2)26-20(27)18(23)16-17-12-8-7-9-13-17/h7-9,12-13,18-19H,3-6,10-11,14-16H2,1-2H3,(H,24,28)(H,25,29)(H,26,27). The number of carbonyl (C=O) groups excluding carboxylic acids is 3. The largest absolute Gasteiger partial charge is 0.354 e. The molecule has 6 nitrogen and oxygen atoms in total. The monoisotopic (exact) mass is 467 g/mol. The van der Waals surface area contributed by atoms with Crippen LogP contribution in [0.3, 0.4) is 0 Å². The van der Waals surface area contributed by atoms with Crippen LogP contribution in [-0.2, 0) is 20.8 Å². The van der Waals surface area contributed by atoms with Crippen LogP contribution in [0.2, 0.25) is 0 Å². The minimum absolute atomic E-state index is 0.383. The molecule has 0 saturated carbocycles. The van der Waals surface area contributed by atoms with Crippen LogP contribution in [0.1, 0.15) is 57.9 Å². The summed E-state index contributed by atoms with van der Waals surface area (Å²) in [4.78, 5) is 37.2. The lowest BCUT2D eigenvalue weighted by atomic mass is 10.1. The Bertz CT molecular complexity index is 601. The molecule has 0 aliphatic rings. The first-order chi connectivity index (χ1) is 14.0. The quantitative estimate of drug-likeness (QED) is 0.223. The van der Waals surface area contributed by atoms with E-state index in [1.807, 2.05) is 30.3 Å². The molecule has 0 aromatic heterocycles. The van der Waals surface area contributed by atoms with E-state index < -0.39 is 22.7 Å². The number of nitrogens with one attached hydrogen (secondary N) is 3. The molecule has 0 radical (unpaired) electrons. The Hall–Kier alpha value is -1.89. The number of hydrogen-bond acceptors (Lipinski definition) is 3. The van der Waals surface area contributed by atoms with Gasteiger partial charge in [0.25, 0.3) is 11.8 Å². The van der Waals surface area contributed by atoms with Crippen LogP contribution in [0.4, 0.5) is 0 Å². The molecule has 3 amide bonds. The average Bonchev–Trinajstić information content (AvgIpc) is 2.72. The van der Waals surface area contributed by atoms with Crippen LogP contribution in [0, 0.1) is 0 Å². The second-order valence-electron chi connectivity index (χ2n) is 7.10. The van der Waals surface area contributed by atoms with Gasteiger partial charge in [0.15, 0.2) is 6.04 Å². The summed E-state index contributed by atoms with van der Waals surface area (Å²) in [6.07, 6.45) is 6.24. The van der Waals surface area contributed by atoms with Crippen molar-refractivity contribution in [3.05, 3.63) is 35.9 Å². The molecule has 0 spiro atoms. The predicted molar refractivity (Wildman–Crippen MR) is 120 cm³/mol. The fourth-order valence-corrected chi connectivity index (χ4v) is 3.28. The van der Waals surface area contributed by atoms with Crippen molar-refractivity contribution < 1.29 is 14.4 Å². The Morgan fingerprint density at radius 3 is 1.83 bits per heavy atom. The fraction of sp³-hybridized carbons (Fsp3) is 0.591. The second-order valence-corrected chi connectivity index (χ2v) is 8.20. The molecule has 0 fully saturated rings. The van der Waals surface area contributed by atoms with E-state index in [0.29, 0.717) is 19.5 Å². The molecule has 3 N–H and O–H groups in total. The van der Waals surface area contributed by atoms with Gasteiger partial charge in [-0.3, -0.25) is 14.4 Å². The van der Waals surface area contributed by atoms with Crippen molar-refractivity contribution in [2.24, 2.45) is 0 Å². The Kier molecular flexibility index (Phi) is 13.0. The molecule has 0 bridgehead atoms. The van der Waals surface area contributed by atoms with Crippen molar-refractivity contribution in [2.45, 2.75) is 69.7 Å². The second kappa shape index (κ2) is 15.0. The van der Waals surface area contributed by atoms with Gasteiger partial charge in [-0.2, -0.15) is 0 Å². The minimum Gasteiger partial charge on any atom is -0.354 e. The molecule has 162 valence electrons. The van der Waals surface area contributed by atoms with Crippen molar-refractivity contribution in [1.29, 1.82) is 0 Å². The van der Waals surface area contributed by atoms with Crippen LogP contribution >= 0.6 is 15.9 Å². The van der Waals surface area contributed by atoms with Crippen LogP contribution < -0.4 is 16.0 Å². The Labute approximate surface area is 182 Å². The number of halogens is 1. The maximum atomic E-state index is 12.6. The highest BCUT2D eigenvalue weighted by molar-refractivity contribution is 9.10. The number of rotatable bonds is 14. The van der Waals surface area contributed by atoms with Gasteiger partial charge in [-0.25, -0.2) is 0 Å². The molecule has 1 unspecified atom stereocenters. The topological polar surface area (TPSA) is 87.3 Å². The van der Waals surface area contributed by atoms with Crippen molar-refractivity contribution in [3.63, 3.8) is 0 Å². The summed E-state index contributed by atoms with van der Waals surface area (Å²) in [5.41, 5.74) is 0.995. The summed E-state index contributed by atoms with van der Waals surface area (Å²) in [7, 11) is 0. The highest BCUT2D eigenvalue weighted by Gasteiger charge is 2.30. The number of benzene rings is 1. The third-order valence-electron chi connectivity index (χ3n) is 4.51. The van der Waals surface area contributed by atoms with Crippen LogP contribution in [-0.4, -0.2) is 41.7 Å². The van der Waals surface area contributed by atoms with E-state index in [4.69, 9.17) is 0 Å².